The molecule has 1 aliphatic heterocycles. The Morgan fingerprint density at radius 1 is 1.29 bits per heavy atom. The Morgan fingerprint density at radius 3 is 2.77 bits per heavy atom. The first kappa shape index (κ1) is 23.0. The first-order valence-corrected chi connectivity index (χ1v) is 12.3. The molecule has 0 fully saturated rings. The van der Waals surface area contributed by atoms with E-state index in [1.807, 2.05) is 35.8 Å². The number of rotatable bonds is 7. The molecule has 1 amide bonds. The van der Waals surface area contributed by atoms with Crippen LogP contribution in [0.15, 0.2) is 59.1 Å². The second kappa shape index (κ2) is 9.50. The minimum absolute atomic E-state index is 0.270. The van der Waals surface area contributed by atoms with Crippen LogP contribution in [0.5, 0.6) is 11.6 Å². The van der Waals surface area contributed by atoms with Crippen molar-refractivity contribution in [1.29, 1.82) is 0 Å². The summed E-state index contributed by atoms with van der Waals surface area (Å²) in [6, 6.07) is 13.3. The van der Waals surface area contributed by atoms with Crippen molar-refractivity contribution in [1.82, 2.24) is 10.3 Å². The van der Waals surface area contributed by atoms with E-state index in [4.69, 9.17) is 13.9 Å². The molecule has 1 unspecified atom stereocenters. The molecule has 0 radical (unpaired) electrons. The van der Waals surface area contributed by atoms with Gasteiger partial charge in [-0.1, -0.05) is 18.0 Å². The maximum atomic E-state index is 13.6. The van der Waals surface area contributed by atoms with Crippen molar-refractivity contribution in [3.8, 4) is 23.0 Å². The first-order valence-electron chi connectivity index (χ1n) is 11.1. The van der Waals surface area contributed by atoms with Crippen molar-refractivity contribution < 1.29 is 23.1 Å². The summed E-state index contributed by atoms with van der Waals surface area (Å²) in [6.07, 6.45) is 3.90. The van der Waals surface area contributed by atoms with Crippen LogP contribution in [-0.2, 0) is 6.42 Å². The van der Waals surface area contributed by atoms with Gasteiger partial charge in [0.25, 0.3) is 5.91 Å². The van der Waals surface area contributed by atoms with Crippen LogP contribution >= 0.6 is 11.9 Å². The number of nitrogens with one attached hydrogen (secondary N) is 1. The third kappa shape index (κ3) is 4.27. The van der Waals surface area contributed by atoms with Crippen LogP contribution in [0.3, 0.4) is 0 Å². The van der Waals surface area contributed by atoms with Crippen LogP contribution in [0, 0.1) is 5.82 Å². The van der Waals surface area contributed by atoms with Crippen LogP contribution < -0.4 is 19.1 Å². The van der Waals surface area contributed by atoms with E-state index in [1.165, 1.54) is 24.1 Å². The van der Waals surface area contributed by atoms with Gasteiger partial charge in [-0.2, -0.15) is 0 Å². The van der Waals surface area contributed by atoms with Gasteiger partial charge in [0.05, 0.1) is 11.3 Å². The van der Waals surface area contributed by atoms with E-state index in [0.717, 1.165) is 11.3 Å². The zero-order valence-corrected chi connectivity index (χ0v) is 20.3. The van der Waals surface area contributed by atoms with E-state index in [9.17, 15) is 9.18 Å². The molecule has 1 atom stereocenters. The third-order valence-electron chi connectivity index (χ3n) is 5.96. The third-order valence-corrected chi connectivity index (χ3v) is 6.70. The van der Waals surface area contributed by atoms with E-state index in [-0.39, 0.29) is 17.8 Å². The van der Waals surface area contributed by atoms with Gasteiger partial charge in [-0.05, 0) is 30.3 Å². The molecule has 9 heteroatoms. The summed E-state index contributed by atoms with van der Waals surface area (Å²) in [5.74, 6) is 0.954. The van der Waals surface area contributed by atoms with Gasteiger partial charge in [-0.25, -0.2) is 9.37 Å². The molecule has 2 aromatic carbocycles. The standard InChI is InChI=1S/C26H24FN3O4S/c1-28-26(31)23-22-18-12-17(14-32-21-6-4-5-11-29-21)33-25(18)19(30(2)35-3)13-20(22)34-24(23)15-7-9-16(27)10-8-15/h4-11,13,17H,12,14H2,1-3H3,(H,28,31). The highest BCUT2D eigenvalue weighted by Crippen LogP contribution is 2.48. The molecule has 0 saturated heterocycles. The molecule has 7 nitrogen and oxygen atoms in total. The van der Waals surface area contributed by atoms with Gasteiger partial charge in [-0.15, -0.1) is 0 Å². The summed E-state index contributed by atoms with van der Waals surface area (Å²) in [6.45, 7) is 0.299. The lowest BCUT2D eigenvalue weighted by atomic mass is 9.98. The van der Waals surface area contributed by atoms with Crippen LogP contribution in [0.25, 0.3) is 22.3 Å². The van der Waals surface area contributed by atoms with Crippen LogP contribution in [0.2, 0.25) is 0 Å². The van der Waals surface area contributed by atoms with Crippen LogP contribution in [0.1, 0.15) is 15.9 Å². The smallest absolute Gasteiger partial charge is 0.255 e. The van der Waals surface area contributed by atoms with Gasteiger partial charge >= 0.3 is 0 Å². The molecule has 4 aromatic rings. The van der Waals surface area contributed by atoms with Gasteiger partial charge in [0, 0.05) is 61.6 Å². The van der Waals surface area contributed by atoms with E-state index in [1.54, 1.807) is 31.4 Å². The summed E-state index contributed by atoms with van der Waals surface area (Å²) in [4.78, 5) is 17.3. The van der Waals surface area contributed by atoms with Crippen molar-refractivity contribution in [2.24, 2.45) is 0 Å². The predicted octanol–water partition coefficient (Wildman–Crippen LogP) is 5.09. The number of anilines is 1. The van der Waals surface area contributed by atoms with Crippen molar-refractivity contribution in [2.75, 3.05) is 31.3 Å². The molecule has 5 rings (SSSR count). The molecule has 180 valence electrons. The number of benzene rings is 2. The molecule has 3 heterocycles. The Kier molecular flexibility index (Phi) is 6.25. The molecule has 2 aromatic heterocycles. The average Bonchev–Trinajstić information content (AvgIpc) is 3.48. The predicted molar refractivity (Wildman–Crippen MR) is 135 cm³/mol. The summed E-state index contributed by atoms with van der Waals surface area (Å²) in [5, 5.41) is 3.41. The lowest BCUT2D eigenvalue weighted by Crippen LogP contribution is -2.23. The second-order valence-corrected chi connectivity index (χ2v) is 8.98. The minimum atomic E-state index is -0.361. The topological polar surface area (TPSA) is 76.8 Å². The average molecular weight is 494 g/mol. The molecular weight excluding hydrogens is 469 g/mol. The molecule has 0 aliphatic carbocycles. The number of fused-ring (bicyclic) bond motifs is 3. The SMILES string of the molecule is CNC(=O)c1c(-c2ccc(F)cc2)oc2cc(N(C)SC)c3c(c12)CC(COc1ccccn1)O3. The van der Waals surface area contributed by atoms with Gasteiger partial charge < -0.3 is 23.5 Å². The minimum Gasteiger partial charge on any atom is -0.484 e. The molecule has 0 saturated carbocycles. The number of aromatic nitrogens is 1. The monoisotopic (exact) mass is 493 g/mol. The molecule has 1 aliphatic rings. The second-order valence-electron chi connectivity index (χ2n) is 8.07. The molecule has 35 heavy (non-hydrogen) atoms. The maximum Gasteiger partial charge on any atom is 0.255 e. The Hall–Kier alpha value is -3.72. The number of hydrogen-bond acceptors (Lipinski definition) is 7. The van der Waals surface area contributed by atoms with Gasteiger partial charge in [0.15, 0.2) is 0 Å². The van der Waals surface area contributed by atoms with E-state index < -0.39 is 0 Å². The van der Waals surface area contributed by atoms with Crippen molar-refractivity contribution in [3.63, 3.8) is 0 Å². The Morgan fingerprint density at radius 2 is 2.09 bits per heavy atom. The number of carbonyl (C=O) groups excluding carboxylic acids is 1. The number of hydrogen-bond donors (Lipinski definition) is 1. The van der Waals surface area contributed by atoms with Crippen LogP contribution in [0.4, 0.5) is 10.1 Å². The summed E-state index contributed by atoms with van der Waals surface area (Å²) in [5.41, 5.74) is 3.29. The molecule has 1 N–H and O–H groups in total. The van der Waals surface area contributed by atoms with E-state index >= 15 is 0 Å². The van der Waals surface area contributed by atoms with Gasteiger partial charge in [0.1, 0.15) is 35.6 Å². The number of nitrogens with zero attached hydrogens (tertiary/aromatic N) is 2. The molecular formula is C26H24FN3O4S. The lowest BCUT2D eigenvalue weighted by molar-refractivity contribution is 0.0964. The fourth-order valence-electron chi connectivity index (χ4n) is 4.25. The fraction of sp³-hybridized carbons (Fsp3) is 0.231. The number of halogens is 1. The Labute approximate surface area is 206 Å². The van der Waals surface area contributed by atoms with Crippen LogP contribution in [-0.4, -0.2) is 44.0 Å². The van der Waals surface area contributed by atoms with E-state index in [2.05, 4.69) is 10.3 Å². The number of amides is 1. The Balaban J connectivity index is 1.63. The first-order chi connectivity index (χ1) is 17.0. The van der Waals surface area contributed by atoms with E-state index in [0.29, 0.717) is 52.5 Å². The highest BCUT2D eigenvalue weighted by Gasteiger charge is 2.34. The van der Waals surface area contributed by atoms with Crippen molar-refractivity contribution in [2.45, 2.75) is 12.5 Å². The molecule has 0 spiro atoms. The lowest BCUT2D eigenvalue weighted by Gasteiger charge is -2.19. The molecule has 0 bridgehead atoms. The largest absolute Gasteiger partial charge is 0.484 e. The quantitative estimate of drug-likeness (QED) is 0.359. The van der Waals surface area contributed by atoms with Crippen molar-refractivity contribution in [3.05, 3.63) is 71.7 Å². The zero-order chi connectivity index (χ0) is 24.5. The maximum absolute atomic E-state index is 13.6. The highest BCUT2D eigenvalue weighted by atomic mass is 32.2. The summed E-state index contributed by atoms with van der Waals surface area (Å²) < 4.78 is 34.0. The Bertz CT molecular complexity index is 1380. The zero-order valence-electron chi connectivity index (χ0n) is 19.5. The number of furan rings is 1. The van der Waals surface area contributed by atoms with Gasteiger partial charge in [-0.3, -0.25) is 4.79 Å². The number of ether oxygens (including phenoxy) is 2. The normalized spacial score (nSPS) is 14.5. The summed E-state index contributed by atoms with van der Waals surface area (Å²) in [7, 11) is 3.52. The number of pyridine rings is 1. The fourth-order valence-corrected chi connectivity index (χ4v) is 4.58. The van der Waals surface area contributed by atoms with Crippen molar-refractivity contribution >= 4 is 34.5 Å². The number of carbonyl (C=O) groups is 1. The van der Waals surface area contributed by atoms with Gasteiger partial charge in [0.2, 0.25) is 5.88 Å². The highest BCUT2D eigenvalue weighted by molar-refractivity contribution is 7.99. The summed E-state index contributed by atoms with van der Waals surface area (Å²) >= 11 is 1.53.